The second-order valence-electron chi connectivity index (χ2n) is 4.21. The summed E-state index contributed by atoms with van der Waals surface area (Å²) in [5, 5.41) is 14.8. The molecule has 2 N–H and O–H groups in total. The summed E-state index contributed by atoms with van der Waals surface area (Å²) in [7, 11) is 1.64. The van der Waals surface area contributed by atoms with E-state index in [1.165, 1.54) is 0 Å². The van der Waals surface area contributed by atoms with Crippen LogP contribution in [0.1, 0.15) is 27.7 Å². The van der Waals surface area contributed by atoms with Gasteiger partial charge in [-0.15, -0.1) is 0 Å². The van der Waals surface area contributed by atoms with Gasteiger partial charge in [0.25, 0.3) is 0 Å². The Hall–Kier alpha value is -1.70. The quantitative estimate of drug-likeness (QED) is 0.422. The zero-order chi connectivity index (χ0) is 12.8. The van der Waals surface area contributed by atoms with Crippen LogP contribution in [0.5, 0.6) is 0 Å². The van der Waals surface area contributed by atoms with Crippen LogP contribution in [0.2, 0.25) is 0 Å². The van der Waals surface area contributed by atoms with Gasteiger partial charge >= 0.3 is 5.97 Å². The number of nitrogens with zero attached hydrogens (tertiary/aromatic N) is 1. The van der Waals surface area contributed by atoms with Gasteiger partial charge in [0, 0.05) is 12.6 Å². The Bertz CT molecular complexity index is 321. The molecular formula is C11H19N3O2. The average Bonchev–Trinajstić information content (AvgIpc) is 2.16. The molecule has 5 nitrogen and oxygen atoms in total. The molecule has 0 fully saturated rings. The van der Waals surface area contributed by atoms with E-state index < -0.39 is 5.97 Å². The lowest BCUT2D eigenvalue weighted by Crippen LogP contribution is -2.40. The molecule has 0 aromatic heterocycles. The SMILES string of the molecule is CCOC(=O)/C(C#N)=C(\NC)NC(C)(C)C. The fourth-order valence-electron chi connectivity index (χ4n) is 1.03. The van der Waals surface area contributed by atoms with E-state index in [0.717, 1.165) is 0 Å². The number of nitriles is 1. The summed E-state index contributed by atoms with van der Waals surface area (Å²) in [6.07, 6.45) is 0. The highest BCUT2D eigenvalue weighted by Crippen LogP contribution is 2.07. The smallest absolute Gasteiger partial charge is 0.352 e. The van der Waals surface area contributed by atoms with Crippen molar-refractivity contribution in [3.63, 3.8) is 0 Å². The topological polar surface area (TPSA) is 74.2 Å². The van der Waals surface area contributed by atoms with E-state index in [1.54, 1.807) is 14.0 Å². The standard InChI is InChI=1S/C11H19N3O2/c1-6-16-10(15)8(7-12)9(13-5)14-11(2,3)4/h13-14H,6H2,1-5H3/b9-8+. The van der Waals surface area contributed by atoms with E-state index in [9.17, 15) is 4.79 Å². The molecule has 0 aliphatic carbocycles. The Balaban J connectivity index is 5.08. The third-order valence-electron chi connectivity index (χ3n) is 1.59. The van der Waals surface area contributed by atoms with Crippen molar-refractivity contribution in [1.29, 1.82) is 5.26 Å². The van der Waals surface area contributed by atoms with Crippen LogP contribution >= 0.6 is 0 Å². The van der Waals surface area contributed by atoms with Crippen LogP contribution in [0.25, 0.3) is 0 Å². The highest BCUT2D eigenvalue weighted by molar-refractivity contribution is 5.93. The molecule has 0 aromatic rings. The Labute approximate surface area is 96.5 Å². The molecule has 0 amide bonds. The van der Waals surface area contributed by atoms with Crippen LogP contribution < -0.4 is 10.6 Å². The fraction of sp³-hybridized carbons (Fsp3) is 0.636. The molecule has 0 aromatic carbocycles. The summed E-state index contributed by atoms with van der Waals surface area (Å²) in [5.74, 6) is -0.237. The molecule has 5 heteroatoms. The van der Waals surface area contributed by atoms with Crippen LogP contribution in [-0.4, -0.2) is 25.2 Å². The Morgan fingerprint density at radius 2 is 2.00 bits per heavy atom. The molecule has 0 aliphatic rings. The van der Waals surface area contributed by atoms with Gasteiger partial charge in [0.1, 0.15) is 11.9 Å². The summed E-state index contributed by atoms with van der Waals surface area (Å²) in [6.45, 7) is 7.75. The van der Waals surface area contributed by atoms with Crippen LogP contribution in [0.4, 0.5) is 0 Å². The minimum atomic E-state index is -0.619. The number of ether oxygens (including phenoxy) is 1. The van der Waals surface area contributed by atoms with Crippen molar-refractivity contribution in [3.8, 4) is 6.07 Å². The number of esters is 1. The Morgan fingerprint density at radius 3 is 2.31 bits per heavy atom. The number of carbonyl (C=O) groups excluding carboxylic acids is 1. The first-order chi connectivity index (χ1) is 7.35. The number of rotatable bonds is 4. The van der Waals surface area contributed by atoms with E-state index >= 15 is 0 Å². The summed E-state index contributed by atoms with van der Waals surface area (Å²) in [4.78, 5) is 11.5. The lowest BCUT2D eigenvalue weighted by molar-refractivity contribution is -0.138. The van der Waals surface area contributed by atoms with Crippen molar-refractivity contribution < 1.29 is 9.53 Å². The van der Waals surface area contributed by atoms with Gasteiger partial charge < -0.3 is 15.4 Å². The molecule has 0 bridgehead atoms. The lowest BCUT2D eigenvalue weighted by atomic mass is 10.1. The molecule has 0 radical (unpaired) electrons. The molecule has 0 heterocycles. The minimum Gasteiger partial charge on any atom is -0.462 e. The van der Waals surface area contributed by atoms with Crippen molar-refractivity contribution in [2.75, 3.05) is 13.7 Å². The first kappa shape index (κ1) is 14.3. The largest absolute Gasteiger partial charge is 0.462 e. The molecule has 0 spiro atoms. The molecule has 0 aliphatic heterocycles. The van der Waals surface area contributed by atoms with Gasteiger partial charge in [-0.25, -0.2) is 4.79 Å². The average molecular weight is 225 g/mol. The number of hydrogen-bond donors (Lipinski definition) is 2. The van der Waals surface area contributed by atoms with Gasteiger partial charge in [-0.2, -0.15) is 5.26 Å². The van der Waals surface area contributed by atoms with E-state index in [1.807, 2.05) is 26.8 Å². The fourth-order valence-corrected chi connectivity index (χ4v) is 1.03. The number of hydrogen-bond acceptors (Lipinski definition) is 5. The van der Waals surface area contributed by atoms with Crippen LogP contribution in [0, 0.1) is 11.3 Å². The second kappa shape index (κ2) is 6.01. The highest BCUT2D eigenvalue weighted by atomic mass is 16.5. The van der Waals surface area contributed by atoms with Gasteiger partial charge in [-0.05, 0) is 27.7 Å². The number of carbonyl (C=O) groups is 1. The van der Waals surface area contributed by atoms with Gasteiger partial charge in [-0.1, -0.05) is 0 Å². The maximum Gasteiger partial charge on any atom is 0.352 e. The molecule has 0 rings (SSSR count). The maximum atomic E-state index is 11.5. The van der Waals surface area contributed by atoms with Gasteiger partial charge in [0.2, 0.25) is 0 Å². The Kier molecular flexibility index (Phi) is 5.37. The first-order valence-corrected chi connectivity index (χ1v) is 5.13. The van der Waals surface area contributed by atoms with Crippen LogP contribution in [0.3, 0.4) is 0 Å². The monoisotopic (exact) mass is 225 g/mol. The van der Waals surface area contributed by atoms with Crippen molar-refractivity contribution in [2.45, 2.75) is 33.2 Å². The van der Waals surface area contributed by atoms with E-state index in [0.29, 0.717) is 5.82 Å². The summed E-state index contributed by atoms with van der Waals surface area (Å²) < 4.78 is 4.79. The molecule has 0 saturated heterocycles. The van der Waals surface area contributed by atoms with Crippen molar-refractivity contribution in [3.05, 3.63) is 11.4 Å². The van der Waals surface area contributed by atoms with Gasteiger partial charge in [0.15, 0.2) is 5.57 Å². The molecular weight excluding hydrogens is 206 g/mol. The zero-order valence-electron chi connectivity index (χ0n) is 10.5. The van der Waals surface area contributed by atoms with Crippen molar-refractivity contribution in [1.82, 2.24) is 10.6 Å². The van der Waals surface area contributed by atoms with Crippen LogP contribution in [0.15, 0.2) is 11.4 Å². The van der Waals surface area contributed by atoms with Crippen molar-refractivity contribution in [2.24, 2.45) is 0 Å². The van der Waals surface area contributed by atoms with Gasteiger partial charge in [0.05, 0.1) is 6.61 Å². The summed E-state index contributed by atoms with van der Waals surface area (Å²) in [5.41, 5.74) is -0.285. The zero-order valence-corrected chi connectivity index (χ0v) is 10.5. The predicted octanol–water partition coefficient (Wildman–Crippen LogP) is 0.892. The molecule has 0 atom stereocenters. The molecule has 0 unspecified atom stereocenters. The lowest BCUT2D eigenvalue weighted by Gasteiger charge is -2.24. The number of nitrogens with one attached hydrogen (secondary N) is 2. The maximum absolute atomic E-state index is 11.5. The van der Waals surface area contributed by atoms with Gasteiger partial charge in [-0.3, -0.25) is 0 Å². The Morgan fingerprint density at radius 1 is 1.44 bits per heavy atom. The van der Waals surface area contributed by atoms with Crippen LogP contribution in [-0.2, 0) is 9.53 Å². The molecule has 90 valence electrons. The highest BCUT2D eigenvalue weighted by Gasteiger charge is 2.19. The van der Waals surface area contributed by atoms with E-state index in [-0.39, 0.29) is 17.7 Å². The molecule has 16 heavy (non-hydrogen) atoms. The van der Waals surface area contributed by atoms with E-state index in [4.69, 9.17) is 10.00 Å². The third kappa shape index (κ3) is 4.69. The van der Waals surface area contributed by atoms with E-state index in [2.05, 4.69) is 10.6 Å². The predicted molar refractivity (Wildman–Crippen MR) is 61.2 cm³/mol. The minimum absolute atomic E-state index is 0.0423. The second-order valence-corrected chi connectivity index (χ2v) is 4.21. The van der Waals surface area contributed by atoms with Crippen molar-refractivity contribution >= 4 is 5.97 Å². The third-order valence-corrected chi connectivity index (χ3v) is 1.59. The summed E-state index contributed by atoms with van der Waals surface area (Å²) in [6, 6.07) is 1.84. The summed E-state index contributed by atoms with van der Waals surface area (Å²) >= 11 is 0. The first-order valence-electron chi connectivity index (χ1n) is 5.13. The molecule has 0 saturated carbocycles. The normalized spacial score (nSPS) is 12.2.